The lowest BCUT2D eigenvalue weighted by molar-refractivity contribution is -0.127. The molecule has 4 rings (SSSR count). The van der Waals surface area contributed by atoms with Crippen LogP contribution in [0.5, 0.6) is 5.75 Å². The van der Waals surface area contributed by atoms with Gasteiger partial charge in [0.2, 0.25) is 17.6 Å². The van der Waals surface area contributed by atoms with E-state index in [9.17, 15) is 4.79 Å². The number of carbonyl (C=O) groups is 1. The third kappa shape index (κ3) is 6.48. The maximum atomic E-state index is 12.9. The van der Waals surface area contributed by atoms with Crippen molar-refractivity contribution in [1.29, 1.82) is 0 Å². The summed E-state index contributed by atoms with van der Waals surface area (Å²) in [4.78, 5) is 19.7. The number of nitrogens with zero attached hydrogens (tertiary/aromatic N) is 3. The SMILES string of the molecule is CCOc1ccccc1CNC(=O)C1CCCN(Cc2nc(-c3ccc(C(C)(C)C)cc3)no2)C1. The molecule has 1 aromatic heterocycles. The Balaban J connectivity index is 1.32. The predicted molar refractivity (Wildman–Crippen MR) is 136 cm³/mol. The largest absolute Gasteiger partial charge is 0.494 e. The van der Waals surface area contributed by atoms with Gasteiger partial charge in [0.25, 0.3) is 0 Å². The molecule has 0 spiro atoms. The first-order chi connectivity index (χ1) is 16.8. The van der Waals surface area contributed by atoms with E-state index in [1.165, 1.54) is 5.56 Å². The van der Waals surface area contributed by atoms with E-state index in [-0.39, 0.29) is 17.2 Å². The van der Waals surface area contributed by atoms with Gasteiger partial charge < -0.3 is 14.6 Å². The van der Waals surface area contributed by atoms with Crippen molar-refractivity contribution in [3.8, 4) is 17.1 Å². The van der Waals surface area contributed by atoms with E-state index >= 15 is 0 Å². The molecule has 1 N–H and O–H groups in total. The Morgan fingerprint density at radius 3 is 2.69 bits per heavy atom. The van der Waals surface area contributed by atoms with Crippen LogP contribution in [-0.4, -0.2) is 40.6 Å². The molecule has 0 saturated carbocycles. The Kier molecular flexibility index (Phi) is 7.86. The number of ether oxygens (including phenoxy) is 1. The smallest absolute Gasteiger partial charge is 0.241 e. The summed E-state index contributed by atoms with van der Waals surface area (Å²) in [7, 11) is 0. The summed E-state index contributed by atoms with van der Waals surface area (Å²) in [5.41, 5.74) is 3.30. The number of amides is 1. The van der Waals surface area contributed by atoms with E-state index < -0.39 is 0 Å². The summed E-state index contributed by atoms with van der Waals surface area (Å²) in [6.45, 7) is 11.7. The van der Waals surface area contributed by atoms with Crippen LogP contribution in [0.4, 0.5) is 0 Å². The van der Waals surface area contributed by atoms with Crippen molar-refractivity contribution in [3.05, 3.63) is 65.5 Å². The molecule has 0 aliphatic carbocycles. The molecule has 1 fully saturated rings. The van der Waals surface area contributed by atoms with Crippen LogP contribution in [0.2, 0.25) is 0 Å². The van der Waals surface area contributed by atoms with Crippen molar-refractivity contribution in [3.63, 3.8) is 0 Å². The van der Waals surface area contributed by atoms with Crippen molar-refractivity contribution in [1.82, 2.24) is 20.4 Å². The van der Waals surface area contributed by atoms with Gasteiger partial charge in [0, 0.05) is 24.2 Å². The molecule has 7 heteroatoms. The molecule has 1 atom stereocenters. The first-order valence-corrected chi connectivity index (χ1v) is 12.5. The van der Waals surface area contributed by atoms with Gasteiger partial charge in [0.15, 0.2) is 0 Å². The van der Waals surface area contributed by atoms with E-state index in [0.717, 1.165) is 36.3 Å². The van der Waals surface area contributed by atoms with Crippen molar-refractivity contribution in [2.24, 2.45) is 5.92 Å². The molecule has 1 aliphatic heterocycles. The first kappa shape index (κ1) is 24.9. The second-order valence-electron chi connectivity index (χ2n) is 10.2. The minimum atomic E-state index is -0.0599. The second-order valence-corrected chi connectivity index (χ2v) is 10.2. The van der Waals surface area contributed by atoms with Gasteiger partial charge in [0.1, 0.15) is 5.75 Å². The number of hydrogen-bond donors (Lipinski definition) is 1. The monoisotopic (exact) mass is 476 g/mol. The summed E-state index contributed by atoms with van der Waals surface area (Å²) in [5, 5.41) is 7.28. The van der Waals surface area contributed by atoms with Crippen LogP contribution >= 0.6 is 0 Å². The molecule has 1 saturated heterocycles. The molecule has 7 nitrogen and oxygen atoms in total. The highest BCUT2D eigenvalue weighted by Crippen LogP contribution is 2.26. The van der Waals surface area contributed by atoms with Gasteiger partial charge in [-0.25, -0.2) is 0 Å². The number of rotatable bonds is 8. The highest BCUT2D eigenvalue weighted by atomic mass is 16.5. The Hall–Kier alpha value is -3.19. The number of hydrogen-bond acceptors (Lipinski definition) is 6. The average molecular weight is 477 g/mol. The van der Waals surface area contributed by atoms with E-state index in [4.69, 9.17) is 9.26 Å². The average Bonchev–Trinajstić information content (AvgIpc) is 3.31. The molecule has 1 aliphatic rings. The lowest BCUT2D eigenvalue weighted by Crippen LogP contribution is -2.42. The molecule has 1 amide bonds. The highest BCUT2D eigenvalue weighted by molar-refractivity contribution is 5.79. The van der Waals surface area contributed by atoms with Crippen LogP contribution < -0.4 is 10.1 Å². The third-order valence-corrected chi connectivity index (χ3v) is 6.44. The Bertz CT molecular complexity index is 1120. The van der Waals surface area contributed by atoms with Crippen LogP contribution in [0, 0.1) is 5.92 Å². The van der Waals surface area contributed by atoms with Crippen LogP contribution in [0.3, 0.4) is 0 Å². The minimum absolute atomic E-state index is 0.0599. The number of para-hydroxylation sites is 1. The highest BCUT2D eigenvalue weighted by Gasteiger charge is 2.27. The van der Waals surface area contributed by atoms with Crippen molar-refractivity contribution < 1.29 is 14.1 Å². The molecule has 3 aromatic rings. The lowest BCUT2D eigenvalue weighted by Gasteiger charge is -2.30. The van der Waals surface area contributed by atoms with Gasteiger partial charge in [-0.3, -0.25) is 9.69 Å². The van der Waals surface area contributed by atoms with E-state index in [2.05, 4.69) is 53.3 Å². The summed E-state index contributed by atoms with van der Waals surface area (Å²) in [5.74, 6) is 2.01. The first-order valence-electron chi connectivity index (χ1n) is 12.5. The number of aromatic nitrogens is 2. The topological polar surface area (TPSA) is 80.5 Å². The van der Waals surface area contributed by atoms with Gasteiger partial charge >= 0.3 is 0 Å². The molecular weight excluding hydrogens is 440 g/mol. The molecule has 186 valence electrons. The zero-order valence-corrected chi connectivity index (χ0v) is 21.2. The van der Waals surface area contributed by atoms with Crippen molar-refractivity contribution in [2.75, 3.05) is 19.7 Å². The molecule has 0 bridgehead atoms. The molecule has 35 heavy (non-hydrogen) atoms. The van der Waals surface area contributed by atoms with Crippen LogP contribution in [0.1, 0.15) is 57.6 Å². The van der Waals surface area contributed by atoms with Gasteiger partial charge in [-0.1, -0.05) is 68.4 Å². The van der Waals surface area contributed by atoms with E-state index in [1.54, 1.807) is 0 Å². The molecule has 1 unspecified atom stereocenters. The van der Waals surface area contributed by atoms with Crippen molar-refractivity contribution in [2.45, 2.75) is 59.0 Å². The Labute approximate surface area is 207 Å². The minimum Gasteiger partial charge on any atom is -0.494 e. The van der Waals surface area contributed by atoms with Crippen LogP contribution in [-0.2, 0) is 23.3 Å². The molecule has 2 aromatic carbocycles. The van der Waals surface area contributed by atoms with E-state index in [1.807, 2.05) is 43.3 Å². The standard InChI is InChI=1S/C28H36N4O3/c1-5-34-24-11-7-6-9-21(24)17-29-27(33)22-10-8-16-32(18-22)19-25-30-26(31-35-25)20-12-14-23(15-13-20)28(2,3)4/h6-7,9,11-15,22H,5,8,10,16-19H2,1-4H3,(H,29,33). The summed E-state index contributed by atoms with van der Waals surface area (Å²) >= 11 is 0. The maximum Gasteiger partial charge on any atom is 0.241 e. The number of likely N-dealkylation sites (tertiary alicyclic amines) is 1. The quantitative estimate of drug-likeness (QED) is 0.495. The summed E-state index contributed by atoms with van der Waals surface area (Å²) < 4.78 is 11.2. The number of carbonyl (C=O) groups excluding carboxylic acids is 1. The molecular formula is C28H36N4O3. The third-order valence-electron chi connectivity index (χ3n) is 6.44. The predicted octanol–water partition coefficient (Wildman–Crippen LogP) is 4.96. The molecule has 0 radical (unpaired) electrons. The van der Waals surface area contributed by atoms with Crippen molar-refractivity contribution >= 4 is 5.91 Å². The van der Waals surface area contributed by atoms with E-state index in [0.29, 0.717) is 38.0 Å². The van der Waals surface area contributed by atoms with Gasteiger partial charge in [-0.15, -0.1) is 0 Å². The van der Waals surface area contributed by atoms with Crippen LogP contribution in [0.25, 0.3) is 11.4 Å². The van der Waals surface area contributed by atoms with Gasteiger partial charge in [-0.2, -0.15) is 4.98 Å². The maximum absolute atomic E-state index is 12.9. The zero-order chi connectivity index (χ0) is 24.8. The number of nitrogens with one attached hydrogen (secondary N) is 1. The second kappa shape index (κ2) is 11.0. The Morgan fingerprint density at radius 2 is 1.94 bits per heavy atom. The summed E-state index contributed by atoms with van der Waals surface area (Å²) in [6, 6.07) is 16.1. The zero-order valence-electron chi connectivity index (χ0n) is 21.2. The fourth-order valence-electron chi connectivity index (χ4n) is 4.43. The summed E-state index contributed by atoms with van der Waals surface area (Å²) in [6.07, 6.45) is 1.84. The number of benzene rings is 2. The van der Waals surface area contributed by atoms with Gasteiger partial charge in [-0.05, 0) is 43.4 Å². The van der Waals surface area contributed by atoms with Crippen LogP contribution in [0.15, 0.2) is 53.1 Å². The Morgan fingerprint density at radius 1 is 1.17 bits per heavy atom. The fourth-order valence-corrected chi connectivity index (χ4v) is 4.43. The molecule has 2 heterocycles. The normalized spacial score (nSPS) is 16.7. The fraction of sp³-hybridized carbons (Fsp3) is 0.464. The number of piperidine rings is 1. The lowest BCUT2D eigenvalue weighted by atomic mass is 9.87. The van der Waals surface area contributed by atoms with Gasteiger partial charge in [0.05, 0.1) is 19.1 Å².